The van der Waals surface area contributed by atoms with Crippen molar-refractivity contribution in [3.63, 3.8) is 0 Å². The summed E-state index contributed by atoms with van der Waals surface area (Å²) >= 11 is 0. The standard InChI is InChI=1S/C15H24FNO/c1-4-5-10-17-15(11-16)13-6-8-14(9-7-13)18-12(2)3/h6-9,12,15,17H,4-5,10-11H2,1-3H3. The Kier molecular flexibility index (Phi) is 6.73. The van der Waals surface area contributed by atoms with Gasteiger partial charge in [0.15, 0.2) is 0 Å². The van der Waals surface area contributed by atoms with Crippen LogP contribution in [0.15, 0.2) is 24.3 Å². The zero-order valence-electron chi connectivity index (χ0n) is 11.6. The van der Waals surface area contributed by atoms with E-state index in [0.717, 1.165) is 30.7 Å². The molecule has 1 aromatic carbocycles. The van der Waals surface area contributed by atoms with E-state index in [1.807, 2.05) is 38.1 Å². The van der Waals surface area contributed by atoms with E-state index >= 15 is 0 Å². The van der Waals surface area contributed by atoms with Gasteiger partial charge in [-0.05, 0) is 44.5 Å². The van der Waals surface area contributed by atoms with E-state index in [0.29, 0.717) is 0 Å². The zero-order chi connectivity index (χ0) is 13.4. The molecule has 0 aliphatic heterocycles. The van der Waals surface area contributed by atoms with Gasteiger partial charge in [-0.3, -0.25) is 0 Å². The van der Waals surface area contributed by atoms with Crippen LogP contribution in [0.5, 0.6) is 5.75 Å². The smallest absolute Gasteiger partial charge is 0.119 e. The Bertz CT molecular complexity index is 324. The van der Waals surface area contributed by atoms with Crippen LogP contribution >= 0.6 is 0 Å². The largest absolute Gasteiger partial charge is 0.491 e. The van der Waals surface area contributed by atoms with Crippen molar-refractivity contribution < 1.29 is 9.13 Å². The third kappa shape index (κ3) is 5.05. The fraction of sp³-hybridized carbons (Fsp3) is 0.600. The molecule has 1 atom stereocenters. The van der Waals surface area contributed by atoms with Crippen molar-refractivity contribution in [2.45, 2.75) is 45.8 Å². The highest BCUT2D eigenvalue weighted by atomic mass is 19.1. The number of nitrogens with one attached hydrogen (secondary N) is 1. The fourth-order valence-electron chi connectivity index (χ4n) is 1.77. The van der Waals surface area contributed by atoms with Gasteiger partial charge in [0.05, 0.1) is 12.1 Å². The minimum atomic E-state index is -0.381. The molecule has 0 aliphatic rings. The Morgan fingerprint density at radius 1 is 1.22 bits per heavy atom. The second kappa shape index (κ2) is 8.09. The third-order valence-corrected chi connectivity index (χ3v) is 2.73. The Hall–Kier alpha value is -1.09. The molecule has 1 unspecified atom stereocenters. The van der Waals surface area contributed by atoms with Crippen LogP contribution in [0.3, 0.4) is 0 Å². The predicted molar refractivity (Wildman–Crippen MR) is 73.8 cm³/mol. The molecule has 0 spiro atoms. The number of benzene rings is 1. The van der Waals surface area contributed by atoms with Gasteiger partial charge in [0.1, 0.15) is 12.4 Å². The average molecular weight is 253 g/mol. The van der Waals surface area contributed by atoms with Crippen molar-refractivity contribution in [3.05, 3.63) is 29.8 Å². The summed E-state index contributed by atoms with van der Waals surface area (Å²) in [5.74, 6) is 0.833. The van der Waals surface area contributed by atoms with Gasteiger partial charge in [0.25, 0.3) is 0 Å². The number of hydrogen-bond acceptors (Lipinski definition) is 2. The van der Waals surface area contributed by atoms with Gasteiger partial charge in [0, 0.05) is 0 Å². The number of unbranched alkanes of at least 4 members (excludes halogenated alkanes) is 1. The summed E-state index contributed by atoms with van der Waals surface area (Å²) < 4.78 is 18.6. The maximum absolute atomic E-state index is 13.0. The van der Waals surface area contributed by atoms with Crippen LogP contribution in [0, 0.1) is 0 Å². The molecule has 0 aromatic heterocycles. The predicted octanol–water partition coefficient (Wildman–Crippen LogP) is 3.87. The lowest BCUT2D eigenvalue weighted by atomic mass is 10.1. The highest BCUT2D eigenvalue weighted by Crippen LogP contribution is 2.19. The molecule has 1 aromatic rings. The lowest BCUT2D eigenvalue weighted by molar-refractivity contribution is 0.242. The summed E-state index contributed by atoms with van der Waals surface area (Å²) in [6.45, 7) is 6.59. The minimum absolute atomic E-state index is 0.163. The normalized spacial score (nSPS) is 12.7. The molecule has 0 saturated heterocycles. The topological polar surface area (TPSA) is 21.3 Å². The van der Waals surface area contributed by atoms with Gasteiger partial charge in [-0.15, -0.1) is 0 Å². The first-order valence-electron chi connectivity index (χ1n) is 6.73. The molecule has 0 radical (unpaired) electrons. The van der Waals surface area contributed by atoms with Crippen LogP contribution in [-0.4, -0.2) is 19.3 Å². The van der Waals surface area contributed by atoms with Gasteiger partial charge in [-0.2, -0.15) is 0 Å². The summed E-state index contributed by atoms with van der Waals surface area (Å²) in [6, 6.07) is 7.46. The second-order valence-corrected chi connectivity index (χ2v) is 4.75. The van der Waals surface area contributed by atoms with E-state index in [4.69, 9.17) is 4.74 Å². The van der Waals surface area contributed by atoms with Crippen LogP contribution in [0.2, 0.25) is 0 Å². The monoisotopic (exact) mass is 253 g/mol. The van der Waals surface area contributed by atoms with Gasteiger partial charge in [-0.1, -0.05) is 25.5 Å². The third-order valence-electron chi connectivity index (χ3n) is 2.73. The summed E-state index contributed by atoms with van der Waals surface area (Å²) in [6.07, 6.45) is 2.36. The Morgan fingerprint density at radius 3 is 2.39 bits per heavy atom. The highest BCUT2D eigenvalue weighted by molar-refractivity contribution is 5.29. The van der Waals surface area contributed by atoms with E-state index in [9.17, 15) is 4.39 Å². The van der Waals surface area contributed by atoms with E-state index < -0.39 is 0 Å². The molecular weight excluding hydrogens is 229 g/mol. The summed E-state index contributed by atoms with van der Waals surface area (Å²) in [5, 5.41) is 3.23. The Labute approximate surface area is 110 Å². The second-order valence-electron chi connectivity index (χ2n) is 4.75. The molecule has 0 amide bonds. The molecule has 0 saturated carbocycles. The molecular formula is C15H24FNO. The molecule has 0 fully saturated rings. The van der Waals surface area contributed by atoms with Crippen molar-refractivity contribution in [2.24, 2.45) is 0 Å². The summed E-state index contributed by atoms with van der Waals surface area (Å²) in [7, 11) is 0. The summed E-state index contributed by atoms with van der Waals surface area (Å²) in [4.78, 5) is 0. The van der Waals surface area contributed by atoms with E-state index in [1.165, 1.54) is 0 Å². The van der Waals surface area contributed by atoms with Crippen molar-refractivity contribution in [1.82, 2.24) is 5.32 Å². The minimum Gasteiger partial charge on any atom is -0.491 e. The maximum atomic E-state index is 13.0. The molecule has 1 rings (SSSR count). The van der Waals surface area contributed by atoms with Gasteiger partial charge in [0.2, 0.25) is 0 Å². The highest BCUT2D eigenvalue weighted by Gasteiger charge is 2.10. The quantitative estimate of drug-likeness (QED) is 0.710. The van der Waals surface area contributed by atoms with Gasteiger partial charge < -0.3 is 10.1 Å². The first-order valence-corrected chi connectivity index (χ1v) is 6.73. The molecule has 1 N–H and O–H groups in total. The number of halogens is 1. The Morgan fingerprint density at radius 2 is 1.89 bits per heavy atom. The van der Waals surface area contributed by atoms with Crippen LogP contribution in [0.4, 0.5) is 4.39 Å². The van der Waals surface area contributed by atoms with Crippen LogP contribution < -0.4 is 10.1 Å². The van der Waals surface area contributed by atoms with Gasteiger partial charge >= 0.3 is 0 Å². The molecule has 18 heavy (non-hydrogen) atoms. The van der Waals surface area contributed by atoms with Crippen molar-refractivity contribution in [1.29, 1.82) is 0 Å². The van der Waals surface area contributed by atoms with Gasteiger partial charge in [-0.25, -0.2) is 4.39 Å². The summed E-state index contributed by atoms with van der Waals surface area (Å²) in [5.41, 5.74) is 0.977. The van der Waals surface area contributed by atoms with Crippen molar-refractivity contribution in [2.75, 3.05) is 13.2 Å². The average Bonchev–Trinajstić information content (AvgIpc) is 2.35. The molecule has 102 valence electrons. The number of alkyl halides is 1. The molecule has 2 nitrogen and oxygen atoms in total. The maximum Gasteiger partial charge on any atom is 0.119 e. The first kappa shape index (κ1) is 15.0. The van der Waals surface area contributed by atoms with Crippen molar-refractivity contribution in [3.8, 4) is 5.75 Å². The lowest BCUT2D eigenvalue weighted by Gasteiger charge is -2.16. The first-order chi connectivity index (χ1) is 8.67. The van der Waals surface area contributed by atoms with E-state index in [1.54, 1.807) is 0 Å². The SMILES string of the molecule is CCCCNC(CF)c1ccc(OC(C)C)cc1. The lowest BCUT2D eigenvalue weighted by Crippen LogP contribution is -2.24. The van der Waals surface area contributed by atoms with E-state index in [-0.39, 0.29) is 18.8 Å². The van der Waals surface area contributed by atoms with Crippen LogP contribution in [0.25, 0.3) is 0 Å². The van der Waals surface area contributed by atoms with Crippen LogP contribution in [-0.2, 0) is 0 Å². The molecule has 0 bridgehead atoms. The number of ether oxygens (including phenoxy) is 1. The van der Waals surface area contributed by atoms with Crippen LogP contribution in [0.1, 0.15) is 45.2 Å². The fourth-order valence-corrected chi connectivity index (χ4v) is 1.77. The molecule has 3 heteroatoms. The zero-order valence-corrected chi connectivity index (χ0v) is 11.6. The number of rotatable bonds is 8. The molecule has 0 aliphatic carbocycles. The van der Waals surface area contributed by atoms with E-state index in [2.05, 4.69) is 12.2 Å². The number of hydrogen-bond donors (Lipinski definition) is 1. The van der Waals surface area contributed by atoms with Crippen molar-refractivity contribution >= 4 is 0 Å². The molecule has 0 heterocycles. The Balaban J connectivity index is 2.57.